The van der Waals surface area contributed by atoms with Crippen molar-refractivity contribution in [3.8, 4) is 11.1 Å². The lowest BCUT2D eigenvalue weighted by molar-refractivity contribution is 0.112. The molecule has 0 atom stereocenters. The number of rotatable bonds is 3. The molecule has 1 saturated carbocycles. The van der Waals surface area contributed by atoms with E-state index >= 15 is 0 Å². The highest BCUT2D eigenvalue weighted by molar-refractivity contribution is 6.06. The van der Waals surface area contributed by atoms with Crippen molar-refractivity contribution in [1.29, 1.82) is 0 Å². The Balaban J connectivity index is 2.00. The fourth-order valence-corrected chi connectivity index (χ4v) is 2.96. The number of benzene rings is 2. The lowest BCUT2D eigenvalue weighted by Crippen LogP contribution is -1.90. The Morgan fingerprint density at radius 3 is 2.52 bits per heavy atom. The van der Waals surface area contributed by atoms with Gasteiger partial charge in [-0.25, -0.2) is 4.39 Å². The minimum absolute atomic E-state index is 0.253. The van der Waals surface area contributed by atoms with Crippen LogP contribution >= 0.6 is 0 Å². The van der Waals surface area contributed by atoms with Gasteiger partial charge in [0.15, 0.2) is 6.29 Å². The van der Waals surface area contributed by atoms with E-state index in [9.17, 15) is 9.18 Å². The van der Waals surface area contributed by atoms with Crippen LogP contribution in [0.5, 0.6) is 0 Å². The van der Waals surface area contributed by atoms with Crippen molar-refractivity contribution >= 4 is 17.2 Å². The zero-order chi connectivity index (χ0) is 14.4. The maximum atomic E-state index is 13.1. The number of aromatic nitrogens is 1. The molecule has 2 aromatic carbocycles. The molecule has 0 saturated heterocycles. The van der Waals surface area contributed by atoms with Gasteiger partial charge in [-0.3, -0.25) is 4.79 Å². The van der Waals surface area contributed by atoms with Crippen LogP contribution in [0.1, 0.15) is 29.2 Å². The number of fused-ring (bicyclic) bond motifs is 1. The molecule has 1 aliphatic rings. The summed E-state index contributed by atoms with van der Waals surface area (Å²) in [5.74, 6) is -0.253. The van der Waals surface area contributed by atoms with E-state index in [0.29, 0.717) is 11.6 Å². The average molecular weight is 279 g/mol. The molecule has 4 rings (SSSR count). The summed E-state index contributed by atoms with van der Waals surface area (Å²) in [7, 11) is 0. The maximum absolute atomic E-state index is 13.1. The van der Waals surface area contributed by atoms with Gasteiger partial charge in [0.1, 0.15) is 5.82 Å². The third-order valence-electron chi connectivity index (χ3n) is 4.11. The van der Waals surface area contributed by atoms with Gasteiger partial charge >= 0.3 is 0 Å². The number of hydrogen-bond donors (Lipinski definition) is 0. The molecule has 0 N–H and O–H groups in total. The normalized spacial score (nSPS) is 14.5. The smallest absolute Gasteiger partial charge is 0.152 e. The third-order valence-corrected chi connectivity index (χ3v) is 4.11. The van der Waals surface area contributed by atoms with Crippen molar-refractivity contribution in [2.45, 2.75) is 18.9 Å². The molecular weight excluding hydrogens is 265 g/mol. The van der Waals surface area contributed by atoms with E-state index in [1.165, 1.54) is 25.0 Å². The first-order valence-electron chi connectivity index (χ1n) is 7.12. The summed E-state index contributed by atoms with van der Waals surface area (Å²) in [4.78, 5) is 11.4. The summed E-state index contributed by atoms with van der Waals surface area (Å²) < 4.78 is 15.3. The molecular formula is C18H14FNO. The van der Waals surface area contributed by atoms with Crippen molar-refractivity contribution < 1.29 is 9.18 Å². The lowest BCUT2D eigenvalue weighted by atomic mass is 9.99. The number of carbonyl (C=O) groups is 1. The summed E-state index contributed by atoms with van der Waals surface area (Å²) in [5.41, 5.74) is 3.70. The average Bonchev–Trinajstić information content (AvgIpc) is 3.28. The van der Waals surface area contributed by atoms with E-state index in [0.717, 1.165) is 28.3 Å². The zero-order valence-electron chi connectivity index (χ0n) is 11.4. The molecule has 1 fully saturated rings. The Morgan fingerprint density at radius 2 is 1.86 bits per heavy atom. The van der Waals surface area contributed by atoms with Crippen LogP contribution in [0.3, 0.4) is 0 Å². The van der Waals surface area contributed by atoms with Crippen molar-refractivity contribution in [3.63, 3.8) is 0 Å². The molecule has 104 valence electrons. The number of hydrogen-bond acceptors (Lipinski definition) is 1. The number of halogens is 1. The molecule has 0 amide bonds. The van der Waals surface area contributed by atoms with E-state index < -0.39 is 0 Å². The monoisotopic (exact) mass is 279 g/mol. The molecule has 0 unspecified atom stereocenters. The van der Waals surface area contributed by atoms with Gasteiger partial charge in [0.25, 0.3) is 0 Å². The van der Waals surface area contributed by atoms with Crippen molar-refractivity contribution in [1.82, 2.24) is 4.57 Å². The molecule has 0 spiro atoms. The molecule has 1 aliphatic carbocycles. The lowest BCUT2D eigenvalue weighted by Gasteiger charge is -2.07. The highest BCUT2D eigenvalue weighted by atomic mass is 19.1. The van der Waals surface area contributed by atoms with Crippen LogP contribution in [0.4, 0.5) is 4.39 Å². The first-order valence-corrected chi connectivity index (χ1v) is 7.12. The zero-order valence-corrected chi connectivity index (χ0v) is 11.4. The molecule has 0 radical (unpaired) electrons. The first kappa shape index (κ1) is 12.3. The molecule has 0 aliphatic heterocycles. The van der Waals surface area contributed by atoms with Crippen LogP contribution in [-0.2, 0) is 0 Å². The Hall–Kier alpha value is -2.42. The van der Waals surface area contributed by atoms with E-state index in [2.05, 4.69) is 4.57 Å². The Bertz CT molecular complexity index is 828. The van der Waals surface area contributed by atoms with Gasteiger partial charge in [0.05, 0.1) is 0 Å². The van der Waals surface area contributed by atoms with E-state index in [-0.39, 0.29) is 5.82 Å². The van der Waals surface area contributed by atoms with Gasteiger partial charge in [0, 0.05) is 28.7 Å². The van der Waals surface area contributed by atoms with Crippen LogP contribution < -0.4 is 0 Å². The third kappa shape index (κ3) is 1.97. The Morgan fingerprint density at radius 1 is 1.10 bits per heavy atom. The van der Waals surface area contributed by atoms with Crippen LogP contribution in [0.15, 0.2) is 48.7 Å². The summed E-state index contributed by atoms with van der Waals surface area (Å²) in [6.45, 7) is 0. The number of nitrogens with zero attached hydrogens (tertiary/aromatic N) is 1. The molecule has 2 nitrogen and oxygen atoms in total. The second-order valence-corrected chi connectivity index (χ2v) is 5.55. The fourth-order valence-electron chi connectivity index (χ4n) is 2.96. The predicted molar refractivity (Wildman–Crippen MR) is 81.0 cm³/mol. The quantitative estimate of drug-likeness (QED) is 0.642. The Kier molecular flexibility index (Phi) is 2.67. The van der Waals surface area contributed by atoms with Crippen molar-refractivity contribution in [2.75, 3.05) is 0 Å². The SMILES string of the molecule is O=Cc1cn(C2CC2)c2cccc(-c3ccc(F)cc3)c12. The standard InChI is InChI=1S/C18H14FNO/c19-14-6-4-12(5-7-14)16-2-1-3-17-18(16)13(11-21)10-20(17)15-8-9-15/h1-7,10-11,15H,8-9H2. The topological polar surface area (TPSA) is 22.0 Å². The van der Waals surface area contributed by atoms with Crippen LogP contribution in [0.25, 0.3) is 22.0 Å². The molecule has 3 aromatic rings. The summed E-state index contributed by atoms with van der Waals surface area (Å²) >= 11 is 0. The largest absolute Gasteiger partial charge is 0.344 e. The van der Waals surface area contributed by atoms with Gasteiger partial charge in [-0.05, 0) is 42.2 Å². The van der Waals surface area contributed by atoms with Crippen LogP contribution in [0, 0.1) is 5.82 Å². The summed E-state index contributed by atoms with van der Waals surface area (Å²) in [6, 6.07) is 13.0. The first-order chi connectivity index (χ1) is 10.3. The van der Waals surface area contributed by atoms with E-state index in [1.807, 2.05) is 24.4 Å². The molecule has 0 bridgehead atoms. The minimum atomic E-state index is -0.253. The fraction of sp³-hybridized carbons (Fsp3) is 0.167. The molecule has 1 aromatic heterocycles. The van der Waals surface area contributed by atoms with Gasteiger partial charge in [-0.2, -0.15) is 0 Å². The maximum Gasteiger partial charge on any atom is 0.152 e. The number of carbonyl (C=O) groups excluding carboxylic acids is 1. The second-order valence-electron chi connectivity index (χ2n) is 5.55. The van der Waals surface area contributed by atoms with Gasteiger partial charge in [-0.15, -0.1) is 0 Å². The second kappa shape index (κ2) is 4.55. The van der Waals surface area contributed by atoms with E-state index in [1.54, 1.807) is 12.1 Å². The van der Waals surface area contributed by atoms with Crippen LogP contribution in [-0.4, -0.2) is 10.9 Å². The molecule has 3 heteroatoms. The highest BCUT2D eigenvalue weighted by Crippen LogP contribution is 2.41. The summed E-state index contributed by atoms with van der Waals surface area (Å²) in [6.07, 6.45) is 5.20. The molecule has 1 heterocycles. The highest BCUT2D eigenvalue weighted by Gasteiger charge is 2.26. The van der Waals surface area contributed by atoms with Gasteiger partial charge in [0.2, 0.25) is 0 Å². The van der Waals surface area contributed by atoms with Crippen molar-refractivity contribution in [3.05, 3.63) is 60.0 Å². The van der Waals surface area contributed by atoms with Crippen LogP contribution in [0.2, 0.25) is 0 Å². The van der Waals surface area contributed by atoms with Gasteiger partial charge in [-0.1, -0.05) is 24.3 Å². The van der Waals surface area contributed by atoms with Gasteiger partial charge < -0.3 is 4.57 Å². The minimum Gasteiger partial charge on any atom is -0.344 e. The van der Waals surface area contributed by atoms with E-state index in [4.69, 9.17) is 0 Å². The Labute approximate surface area is 121 Å². The summed E-state index contributed by atoms with van der Waals surface area (Å²) in [5, 5.41) is 0.964. The number of aldehydes is 1. The predicted octanol–water partition coefficient (Wildman–Crippen LogP) is 4.59. The van der Waals surface area contributed by atoms with Crippen molar-refractivity contribution in [2.24, 2.45) is 0 Å². The molecule has 21 heavy (non-hydrogen) atoms.